The molecule has 0 saturated carbocycles. The van der Waals surface area contributed by atoms with Gasteiger partial charge in [0.05, 0.1) is 12.8 Å². The lowest BCUT2D eigenvalue weighted by Crippen LogP contribution is -2.31. The van der Waals surface area contributed by atoms with Gasteiger partial charge in [-0.05, 0) is 36.4 Å². The number of carbonyl (C=O) groups is 2. The van der Waals surface area contributed by atoms with Crippen molar-refractivity contribution in [3.8, 4) is 11.5 Å². The number of hydrogen-bond acceptors (Lipinski definition) is 4. The van der Waals surface area contributed by atoms with Crippen LogP contribution in [0.1, 0.15) is 0 Å². The van der Waals surface area contributed by atoms with Gasteiger partial charge < -0.3 is 9.47 Å². The van der Waals surface area contributed by atoms with Crippen molar-refractivity contribution in [2.24, 2.45) is 0 Å². The summed E-state index contributed by atoms with van der Waals surface area (Å²) in [5.41, 5.74) is 0.439. The number of para-hydroxylation sites is 1. The van der Waals surface area contributed by atoms with Crippen LogP contribution in [0.5, 0.6) is 11.5 Å². The predicted molar refractivity (Wildman–Crippen MR) is 85.4 cm³/mol. The Labute approximate surface area is 137 Å². The first-order valence-electron chi connectivity index (χ1n) is 6.77. The fourth-order valence-electron chi connectivity index (χ4n) is 2.14. The highest BCUT2D eigenvalue weighted by atomic mass is 35.5. The first-order valence-corrected chi connectivity index (χ1v) is 7.15. The van der Waals surface area contributed by atoms with Crippen molar-refractivity contribution in [2.75, 3.05) is 12.0 Å². The van der Waals surface area contributed by atoms with Crippen molar-refractivity contribution in [3.05, 3.63) is 65.4 Å². The topological polar surface area (TPSA) is 55.8 Å². The Bertz CT molecular complexity index is 784. The third-order valence-electron chi connectivity index (χ3n) is 3.28. The number of rotatable bonds is 4. The molecule has 0 N–H and O–H groups in total. The van der Waals surface area contributed by atoms with Gasteiger partial charge in [-0.1, -0.05) is 29.8 Å². The highest BCUT2D eigenvalue weighted by molar-refractivity contribution is 6.52. The highest BCUT2D eigenvalue weighted by Crippen LogP contribution is 2.31. The fourth-order valence-corrected chi connectivity index (χ4v) is 2.35. The Kier molecular flexibility index (Phi) is 4.04. The Morgan fingerprint density at radius 1 is 0.870 bits per heavy atom. The molecule has 0 unspecified atom stereocenters. The van der Waals surface area contributed by atoms with E-state index in [1.807, 2.05) is 0 Å². The van der Waals surface area contributed by atoms with Crippen LogP contribution < -0.4 is 14.4 Å². The number of carbonyl (C=O) groups excluding carboxylic acids is 2. The lowest BCUT2D eigenvalue weighted by atomic mass is 10.3. The molecule has 1 aliphatic rings. The molecule has 1 heterocycles. The van der Waals surface area contributed by atoms with E-state index in [9.17, 15) is 9.59 Å². The maximum Gasteiger partial charge on any atom is 0.302 e. The molecule has 3 rings (SSSR count). The molecular formula is C17H12ClNO4. The minimum atomic E-state index is -0.605. The fraction of sp³-hybridized carbons (Fsp3) is 0.0588. The van der Waals surface area contributed by atoms with Gasteiger partial charge in [0.25, 0.3) is 5.91 Å². The number of halogens is 1. The second-order valence-electron chi connectivity index (χ2n) is 4.70. The summed E-state index contributed by atoms with van der Waals surface area (Å²) in [7, 11) is 1.55. The molecule has 0 bridgehead atoms. The first-order chi connectivity index (χ1) is 11.1. The maximum atomic E-state index is 12.5. The summed E-state index contributed by atoms with van der Waals surface area (Å²) in [4.78, 5) is 25.7. The summed E-state index contributed by atoms with van der Waals surface area (Å²) in [6.45, 7) is 0. The number of hydrogen-bond donors (Lipinski definition) is 0. The van der Waals surface area contributed by atoms with Crippen molar-refractivity contribution >= 4 is 29.1 Å². The van der Waals surface area contributed by atoms with Gasteiger partial charge in [0.2, 0.25) is 5.76 Å². The number of anilines is 1. The number of methoxy groups -OCH3 is 1. The zero-order valence-electron chi connectivity index (χ0n) is 12.2. The smallest absolute Gasteiger partial charge is 0.302 e. The molecule has 6 heteroatoms. The van der Waals surface area contributed by atoms with Gasteiger partial charge >= 0.3 is 5.91 Å². The molecule has 2 aromatic carbocycles. The zero-order chi connectivity index (χ0) is 16.4. The van der Waals surface area contributed by atoms with E-state index >= 15 is 0 Å². The summed E-state index contributed by atoms with van der Waals surface area (Å²) in [5.74, 6) is -0.355. The quantitative estimate of drug-likeness (QED) is 0.809. The minimum absolute atomic E-state index is 0.189. The van der Waals surface area contributed by atoms with Crippen molar-refractivity contribution in [2.45, 2.75) is 0 Å². The van der Waals surface area contributed by atoms with Gasteiger partial charge in [0.15, 0.2) is 5.03 Å². The second kappa shape index (κ2) is 6.14. The standard InChI is InChI=1S/C17H12ClNO4/c1-22-12-7-9-13(10-8-12)23-15-14(18)16(20)19(17(15)21)11-5-3-2-4-6-11/h2-10H,1H3. The molecule has 0 fully saturated rings. The third kappa shape index (κ3) is 2.78. The molecule has 5 nitrogen and oxygen atoms in total. The predicted octanol–water partition coefficient (Wildman–Crippen LogP) is 3.10. The van der Waals surface area contributed by atoms with Gasteiger partial charge in [0, 0.05) is 0 Å². The molecule has 116 valence electrons. The Morgan fingerprint density at radius 3 is 2.09 bits per heavy atom. The van der Waals surface area contributed by atoms with Crippen LogP contribution in [0.15, 0.2) is 65.4 Å². The van der Waals surface area contributed by atoms with Gasteiger partial charge in [-0.3, -0.25) is 9.59 Å². The molecule has 23 heavy (non-hydrogen) atoms. The normalized spacial score (nSPS) is 14.4. The molecule has 0 atom stereocenters. The molecule has 2 amide bonds. The molecule has 0 spiro atoms. The molecular weight excluding hydrogens is 318 g/mol. The van der Waals surface area contributed by atoms with Crippen LogP contribution in [-0.4, -0.2) is 18.9 Å². The molecule has 0 radical (unpaired) electrons. The van der Waals surface area contributed by atoms with Gasteiger partial charge in [-0.2, -0.15) is 0 Å². The van der Waals surface area contributed by atoms with E-state index in [0.29, 0.717) is 17.2 Å². The average molecular weight is 330 g/mol. The Morgan fingerprint density at radius 2 is 1.48 bits per heavy atom. The summed E-state index contributed by atoms with van der Waals surface area (Å²) in [6.07, 6.45) is 0. The van der Waals surface area contributed by atoms with E-state index in [2.05, 4.69) is 0 Å². The molecule has 0 aromatic heterocycles. The summed E-state index contributed by atoms with van der Waals surface area (Å²) in [6, 6.07) is 15.2. The first kappa shape index (κ1) is 15.1. The summed E-state index contributed by atoms with van der Waals surface area (Å²) in [5, 5.41) is -0.241. The number of nitrogens with zero attached hydrogens (tertiary/aromatic N) is 1. The van der Waals surface area contributed by atoms with E-state index in [-0.39, 0.29) is 10.8 Å². The minimum Gasteiger partial charge on any atom is -0.497 e. The second-order valence-corrected chi connectivity index (χ2v) is 5.08. The van der Waals surface area contributed by atoms with Crippen molar-refractivity contribution in [1.29, 1.82) is 0 Å². The van der Waals surface area contributed by atoms with Gasteiger partial charge in [-0.25, -0.2) is 4.90 Å². The third-order valence-corrected chi connectivity index (χ3v) is 3.61. The van der Waals surface area contributed by atoms with Crippen LogP contribution in [0.3, 0.4) is 0 Å². The summed E-state index contributed by atoms with van der Waals surface area (Å²) >= 11 is 5.99. The van der Waals surface area contributed by atoms with Gasteiger partial charge in [-0.15, -0.1) is 0 Å². The maximum absolute atomic E-state index is 12.5. The highest BCUT2D eigenvalue weighted by Gasteiger charge is 2.40. The Balaban J connectivity index is 1.87. The van der Waals surface area contributed by atoms with Crippen LogP contribution in [0.2, 0.25) is 0 Å². The van der Waals surface area contributed by atoms with E-state index in [1.54, 1.807) is 61.7 Å². The zero-order valence-corrected chi connectivity index (χ0v) is 12.9. The lowest BCUT2D eigenvalue weighted by Gasteiger charge is -2.14. The molecule has 1 aliphatic heterocycles. The van der Waals surface area contributed by atoms with Crippen LogP contribution in [0.4, 0.5) is 5.69 Å². The van der Waals surface area contributed by atoms with Crippen LogP contribution in [0, 0.1) is 0 Å². The average Bonchev–Trinajstić information content (AvgIpc) is 2.80. The molecule has 0 saturated heterocycles. The van der Waals surface area contributed by atoms with Crippen LogP contribution >= 0.6 is 11.6 Å². The van der Waals surface area contributed by atoms with Gasteiger partial charge in [0.1, 0.15) is 11.5 Å². The number of ether oxygens (including phenoxy) is 2. The Hall–Kier alpha value is -2.79. The van der Waals surface area contributed by atoms with Crippen molar-refractivity contribution in [3.63, 3.8) is 0 Å². The summed E-state index contributed by atoms with van der Waals surface area (Å²) < 4.78 is 10.6. The molecule has 2 aromatic rings. The van der Waals surface area contributed by atoms with E-state index < -0.39 is 11.8 Å². The number of imide groups is 1. The van der Waals surface area contributed by atoms with E-state index in [4.69, 9.17) is 21.1 Å². The number of amides is 2. The lowest BCUT2D eigenvalue weighted by molar-refractivity contribution is -0.121. The molecule has 0 aliphatic carbocycles. The number of benzene rings is 2. The van der Waals surface area contributed by atoms with Crippen LogP contribution in [0.25, 0.3) is 0 Å². The van der Waals surface area contributed by atoms with Crippen molar-refractivity contribution < 1.29 is 19.1 Å². The van der Waals surface area contributed by atoms with Crippen molar-refractivity contribution in [1.82, 2.24) is 0 Å². The largest absolute Gasteiger partial charge is 0.497 e. The van der Waals surface area contributed by atoms with Crippen LogP contribution in [-0.2, 0) is 9.59 Å². The van der Waals surface area contributed by atoms with E-state index in [0.717, 1.165) is 4.90 Å². The monoisotopic (exact) mass is 329 g/mol. The SMILES string of the molecule is COc1ccc(OC2=C(Cl)C(=O)N(c3ccccc3)C2=O)cc1. The van der Waals surface area contributed by atoms with E-state index in [1.165, 1.54) is 0 Å².